The summed E-state index contributed by atoms with van der Waals surface area (Å²) >= 11 is 0. The summed E-state index contributed by atoms with van der Waals surface area (Å²) in [5.74, 6) is 1.52. The molecule has 0 aromatic carbocycles. The molecule has 1 rings (SSSR count). The molecule has 1 aromatic rings. The highest BCUT2D eigenvalue weighted by Crippen LogP contribution is 2.32. The second-order valence-electron chi connectivity index (χ2n) is 5.61. The Kier molecular flexibility index (Phi) is 3.03. The van der Waals surface area contributed by atoms with Gasteiger partial charge in [-0.3, -0.25) is 0 Å². The summed E-state index contributed by atoms with van der Waals surface area (Å²) in [5.41, 5.74) is -0.420. The van der Waals surface area contributed by atoms with E-state index in [4.69, 9.17) is 9.47 Å². The highest BCUT2D eigenvalue weighted by atomic mass is 16.5. The molecule has 0 unspecified atom stereocenters. The second-order valence-corrected chi connectivity index (χ2v) is 5.61. The van der Waals surface area contributed by atoms with Crippen LogP contribution in [0.25, 0.3) is 0 Å². The Hall–Kier alpha value is -1.12. The third kappa shape index (κ3) is 4.28. The van der Waals surface area contributed by atoms with Gasteiger partial charge in [-0.2, -0.15) is 0 Å². The Bertz CT molecular complexity index is 285. The first kappa shape index (κ1) is 12.0. The summed E-state index contributed by atoms with van der Waals surface area (Å²) < 4.78 is 11.5. The van der Waals surface area contributed by atoms with Gasteiger partial charge in [0.1, 0.15) is 11.2 Å². The Morgan fingerprint density at radius 3 is 1.40 bits per heavy atom. The van der Waals surface area contributed by atoms with Crippen LogP contribution in [0.1, 0.15) is 41.5 Å². The minimum Gasteiger partial charge on any atom is -0.483 e. The number of aromatic amines is 1. The van der Waals surface area contributed by atoms with E-state index in [2.05, 4.69) is 4.98 Å². The average molecular weight is 211 g/mol. The van der Waals surface area contributed by atoms with Crippen molar-refractivity contribution in [2.75, 3.05) is 0 Å². The van der Waals surface area contributed by atoms with Crippen molar-refractivity contribution in [3.63, 3.8) is 0 Å². The van der Waals surface area contributed by atoms with Crippen LogP contribution in [0.3, 0.4) is 0 Å². The van der Waals surface area contributed by atoms with E-state index in [-0.39, 0.29) is 11.2 Å². The van der Waals surface area contributed by atoms with Crippen LogP contribution < -0.4 is 9.47 Å². The van der Waals surface area contributed by atoms with Crippen LogP contribution in [0.15, 0.2) is 12.4 Å². The third-order valence-corrected chi connectivity index (χ3v) is 1.50. The van der Waals surface area contributed by atoms with Crippen LogP contribution in [0.4, 0.5) is 0 Å². The van der Waals surface area contributed by atoms with Crippen molar-refractivity contribution >= 4 is 0 Å². The van der Waals surface area contributed by atoms with Gasteiger partial charge in [-0.15, -0.1) is 0 Å². The van der Waals surface area contributed by atoms with E-state index in [9.17, 15) is 0 Å². The van der Waals surface area contributed by atoms with E-state index in [0.717, 1.165) is 11.5 Å². The Morgan fingerprint density at radius 1 is 0.800 bits per heavy atom. The lowest BCUT2D eigenvalue weighted by atomic mass is 10.2. The van der Waals surface area contributed by atoms with Gasteiger partial charge >= 0.3 is 0 Å². The van der Waals surface area contributed by atoms with Crippen LogP contribution in [0.5, 0.6) is 11.5 Å². The minimum atomic E-state index is -0.210. The summed E-state index contributed by atoms with van der Waals surface area (Å²) in [6.07, 6.45) is 3.62. The van der Waals surface area contributed by atoms with Crippen molar-refractivity contribution in [1.82, 2.24) is 4.98 Å². The molecule has 3 heteroatoms. The molecule has 0 spiro atoms. The van der Waals surface area contributed by atoms with Gasteiger partial charge in [0.15, 0.2) is 11.5 Å². The number of nitrogens with one attached hydrogen (secondary N) is 1. The van der Waals surface area contributed by atoms with E-state index in [1.54, 1.807) is 0 Å². The normalized spacial score (nSPS) is 12.7. The van der Waals surface area contributed by atoms with E-state index in [0.29, 0.717) is 0 Å². The third-order valence-electron chi connectivity index (χ3n) is 1.50. The molecule has 0 radical (unpaired) electrons. The molecule has 1 aromatic heterocycles. The molecule has 0 bridgehead atoms. The first-order valence-corrected chi connectivity index (χ1v) is 5.22. The van der Waals surface area contributed by atoms with E-state index in [1.165, 1.54) is 0 Å². The van der Waals surface area contributed by atoms with E-state index >= 15 is 0 Å². The molecule has 0 fully saturated rings. The average Bonchev–Trinajstić information content (AvgIpc) is 2.29. The summed E-state index contributed by atoms with van der Waals surface area (Å²) in [7, 11) is 0. The molecular formula is C12H21NO2. The van der Waals surface area contributed by atoms with E-state index < -0.39 is 0 Å². The fourth-order valence-electron chi connectivity index (χ4n) is 1.15. The second kappa shape index (κ2) is 3.80. The fraction of sp³-hybridized carbons (Fsp3) is 0.667. The standard InChI is InChI=1S/C12H21NO2/c1-11(2,3)14-9-7-13-8-10(9)15-12(4,5)6/h7-8,13H,1-6H3. The molecule has 0 aliphatic carbocycles. The molecule has 0 aliphatic heterocycles. The molecule has 0 saturated heterocycles. The molecular weight excluding hydrogens is 190 g/mol. The lowest BCUT2D eigenvalue weighted by Gasteiger charge is -2.24. The van der Waals surface area contributed by atoms with Crippen molar-refractivity contribution in [1.29, 1.82) is 0 Å². The Labute approximate surface area is 91.8 Å². The molecule has 0 amide bonds. The summed E-state index contributed by atoms with van der Waals surface area (Å²) in [5, 5.41) is 0. The number of ether oxygens (including phenoxy) is 2. The topological polar surface area (TPSA) is 34.2 Å². The maximum absolute atomic E-state index is 5.76. The first-order valence-electron chi connectivity index (χ1n) is 5.22. The molecule has 15 heavy (non-hydrogen) atoms. The van der Waals surface area contributed by atoms with Gasteiger partial charge in [0.2, 0.25) is 0 Å². The maximum Gasteiger partial charge on any atom is 0.179 e. The molecule has 1 N–H and O–H groups in total. The molecule has 86 valence electrons. The Morgan fingerprint density at radius 2 is 1.13 bits per heavy atom. The number of rotatable bonds is 2. The molecule has 0 aliphatic rings. The zero-order valence-electron chi connectivity index (χ0n) is 10.5. The lowest BCUT2D eigenvalue weighted by molar-refractivity contribution is 0.0971. The molecule has 1 heterocycles. The number of hydrogen-bond acceptors (Lipinski definition) is 2. The highest BCUT2D eigenvalue weighted by molar-refractivity contribution is 5.37. The van der Waals surface area contributed by atoms with Gasteiger partial charge in [0, 0.05) is 12.4 Å². The van der Waals surface area contributed by atoms with Crippen molar-refractivity contribution in [2.45, 2.75) is 52.7 Å². The first-order chi connectivity index (χ1) is 6.67. The van der Waals surface area contributed by atoms with Gasteiger partial charge in [-0.25, -0.2) is 0 Å². The quantitative estimate of drug-likeness (QED) is 0.813. The SMILES string of the molecule is CC(C)(C)Oc1c[nH]cc1OC(C)(C)C. The van der Waals surface area contributed by atoms with Crippen LogP contribution in [-0.4, -0.2) is 16.2 Å². The van der Waals surface area contributed by atoms with Gasteiger partial charge in [0.05, 0.1) is 0 Å². The van der Waals surface area contributed by atoms with Gasteiger partial charge < -0.3 is 14.5 Å². The summed E-state index contributed by atoms with van der Waals surface area (Å²) in [6, 6.07) is 0. The van der Waals surface area contributed by atoms with Crippen molar-refractivity contribution < 1.29 is 9.47 Å². The molecule has 0 atom stereocenters. The highest BCUT2D eigenvalue weighted by Gasteiger charge is 2.19. The number of H-pyrrole nitrogens is 1. The molecule has 3 nitrogen and oxygen atoms in total. The van der Waals surface area contributed by atoms with Crippen LogP contribution in [0, 0.1) is 0 Å². The van der Waals surface area contributed by atoms with E-state index in [1.807, 2.05) is 53.9 Å². The lowest BCUT2D eigenvalue weighted by Crippen LogP contribution is -2.25. The van der Waals surface area contributed by atoms with Gasteiger partial charge in [-0.05, 0) is 41.5 Å². The van der Waals surface area contributed by atoms with Crippen LogP contribution in [0.2, 0.25) is 0 Å². The largest absolute Gasteiger partial charge is 0.483 e. The van der Waals surface area contributed by atoms with Gasteiger partial charge in [0.25, 0.3) is 0 Å². The monoisotopic (exact) mass is 211 g/mol. The van der Waals surface area contributed by atoms with Crippen molar-refractivity contribution in [3.05, 3.63) is 12.4 Å². The van der Waals surface area contributed by atoms with Crippen LogP contribution in [-0.2, 0) is 0 Å². The Balaban J connectivity index is 2.79. The smallest absolute Gasteiger partial charge is 0.179 e. The van der Waals surface area contributed by atoms with Crippen molar-refractivity contribution in [2.24, 2.45) is 0 Å². The zero-order valence-corrected chi connectivity index (χ0v) is 10.5. The number of hydrogen-bond donors (Lipinski definition) is 1. The van der Waals surface area contributed by atoms with Crippen molar-refractivity contribution in [3.8, 4) is 11.5 Å². The fourth-order valence-corrected chi connectivity index (χ4v) is 1.15. The predicted molar refractivity (Wildman–Crippen MR) is 61.6 cm³/mol. The predicted octanol–water partition coefficient (Wildman–Crippen LogP) is 3.37. The minimum absolute atomic E-state index is 0.210. The zero-order chi connectivity index (χ0) is 11.7. The van der Waals surface area contributed by atoms with Crippen LogP contribution >= 0.6 is 0 Å². The molecule has 0 saturated carbocycles. The summed E-state index contributed by atoms with van der Waals surface area (Å²) in [4.78, 5) is 2.99. The number of aromatic nitrogens is 1. The summed E-state index contributed by atoms with van der Waals surface area (Å²) in [6.45, 7) is 12.1. The van der Waals surface area contributed by atoms with Gasteiger partial charge in [-0.1, -0.05) is 0 Å². The maximum atomic E-state index is 5.76.